The summed E-state index contributed by atoms with van der Waals surface area (Å²) in [6.07, 6.45) is 4.17. The van der Waals surface area contributed by atoms with Gasteiger partial charge in [-0.05, 0) is 56.5 Å². The molecule has 0 bridgehead atoms. The number of unbranched alkanes of at least 4 members (excludes halogenated alkanes) is 1. The zero-order chi connectivity index (χ0) is 17.0. The standard InChI is InChI=1S/C19H29N3O2/c20-9-1-2-14-24-19-6-3-5-17(15-19)16-21-10-4-11-22-12-7-18(23)8-13-22/h3,5-6,15,18,21,23H,1-2,4,7-8,10-14,16H2. The van der Waals surface area contributed by atoms with Gasteiger partial charge in [-0.25, -0.2) is 0 Å². The summed E-state index contributed by atoms with van der Waals surface area (Å²) in [7, 11) is 0. The third-order valence-corrected chi connectivity index (χ3v) is 4.31. The molecular weight excluding hydrogens is 302 g/mol. The number of aliphatic hydroxyl groups is 1. The maximum Gasteiger partial charge on any atom is 0.119 e. The predicted molar refractivity (Wildman–Crippen MR) is 94.8 cm³/mol. The molecule has 1 aliphatic heterocycles. The molecule has 0 aliphatic carbocycles. The molecule has 0 unspecified atom stereocenters. The normalized spacial score (nSPS) is 16.0. The summed E-state index contributed by atoms with van der Waals surface area (Å²) < 4.78 is 5.66. The van der Waals surface area contributed by atoms with Crippen molar-refractivity contribution in [2.24, 2.45) is 0 Å². The van der Waals surface area contributed by atoms with Crippen molar-refractivity contribution in [3.05, 3.63) is 29.8 Å². The Hall–Kier alpha value is -1.61. The molecule has 0 radical (unpaired) electrons. The number of likely N-dealkylation sites (tertiary alicyclic amines) is 1. The molecule has 1 aromatic rings. The van der Waals surface area contributed by atoms with Crippen LogP contribution in [0.1, 0.15) is 37.7 Å². The summed E-state index contributed by atoms with van der Waals surface area (Å²) in [6.45, 7) is 5.57. The van der Waals surface area contributed by atoms with E-state index in [-0.39, 0.29) is 6.10 Å². The summed E-state index contributed by atoms with van der Waals surface area (Å²) >= 11 is 0. The molecule has 0 amide bonds. The third-order valence-electron chi connectivity index (χ3n) is 4.31. The number of rotatable bonds is 10. The van der Waals surface area contributed by atoms with E-state index >= 15 is 0 Å². The molecule has 5 heteroatoms. The average molecular weight is 331 g/mol. The van der Waals surface area contributed by atoms with E-state index in [4.69, 9.17) is 10.00 Å². The Kier molecular flexibility index (Phi) is 8.61. The van der Waals surface area contributed by atoms with Crippen molar-refractivity contribution in [1.29, 1.82) is 5.26 Å². The number of benzene rings is 1. The maximum atomic E-state index is 9.50. The third kappa shape index (κ3) is 7.31. The predicted octanol–water partition coefficient (Wildman–Crippen LogP) is 2.31. The van der Waals surface area contributed by atoms with Gasteiger partial charge >= 0.3 is 0 Å². The highest BCUT2D eigenvalue weighted by Crippen LogP contribution is 2.14. The number of ether oxygens (including phenoxy) is 1. The van der Waals surface area contributed by atoms with E-state index in [9.17, 15) is 5.11 Å². The smallest absolute Gasteiger partial charge is 0.119 e. The fourth-order valence-electron chi connectivity index (χ4n) is 2.89. The molecular formula is C19H29N3O2. The van der Waals surface area contributed by atoms with Gasteiger partial charge in [0.25, 0.3) is 0 Å². The first-order chi connectivity index (χ1) is 11.8. The Morgan fingerprint density at radius 2 is 2.12 bits per heavy atom. The number of nitrogens with one attached hydrogen (secondary N) is 1. The summed E-state index contributed by atoms with van der Waals surface area (Å²) in [5.74, 6) is 0.874. The maximum absolute atomic E-state index is 9.50. The lowest BCUT2D eigenvalue weighted by molar-refractivity contribution is 0.0821. The van der Waals surface area contributed by atoms with Crippen molar-refractivity contribution >= 4 is 0 Å². The number of nitriles is 1. The van der Waals surface area contributed by atoms with E-state index in [1.807, 2.05) is 12.1 Å². The molecule has 132 valence electrons. The average Bonchev–Trinajstić information content (AvgIpc) is 2.60. The van der Waals surface area contributed by atoms with Crippen molar-refractivity contribution in [2.45, 2.75) is 44.8 Å². The van der Waals surface area contributed by atoms with Crippen molar-refractivity contribution in [1.82, 2.24) is 10.2 Å². The van der Waals surface area contributed by atoms with Gasteiger partial charge in [0.05, 0.1) is 18.8 Å². The Bertz CT molecular complexity index is 508. The molecule has 5 nitrogen and oxygen atoms in total. The molecule has 0 aromatic heterocycles. The lowest BCUT2D eigenvalue weighted by atomic mass is 10.1. The first kappa shape index (κ1) is 18.7. The second-order valence-corrected chi connectivity index (χ2v) is 6.36. The van der Waals surface area contributed by atoms with E-state index in [0.29, 0.717) is 13.0 Å². The van der Waals surface area contributed by atoms with Gasteiger partial charge in [0, 0.05) is 26.1 Å². The lowest BCUT2D eigenvalue weighted by Crippen LogP contribution is -2.37. The van der Waals surface area contributed by atoms with Crippen LogP contribution in [0, 0.1) is 11.3 Å². The quantitative estimate of drug-likeness (QED) is 0.644. The molecule has 2 rings (SSSR count). The van der Waals surface area contributed by atoms with E-state index in [0.717, 1.165) is 64.2 Å². The largest absolute Gasteiger partial charge is 0.494 e. The Balaban J connectivity index is 1.57. The number of aliphatic hydroxyl groups excluding tert-OH is 1. The molecule has 0 spiro atoms. The van der Waals surface area contributed by atoms with Crippen LogP contribution in [0.2, 0.25) is 0 Å². The van der Waals surface area contributed by atoms with Crippen molar-refractivity contribution in [2.75, 3.05) is 32.8 Å². The number of nitrogens with zero attached hydrogens (tertiary/aromatic N) is 2. The van der Waals surface area contributed by atoms with Crippen LogP contribution < -0.4 is 10.1 Å². The zero-order valence-electron chi connectivity index (χ0n) is 14.4. The highest BCUT2D eigenvalue weighted by molar-refractivity contribution is 5.28. The van der Waals surface area contributed by atoms with E-state index in [1.165, 1.54) is 5.56 Å². The number of hydrogen-bond acceptors (Lipinski definition) is 5. The zero-order valence-corrected chi connectivity index (χ0v) is 14.4. The fraction of sp³-hybridized carbons (Fsp3) is 0.632. The Morgan fingerprint density at radius 3 is 2.92 bits per heavy atom. The van der Waals surface area contributed by atoms with Gasteiger partial charge in [0.15, 0.2) is 0 Å². The van der Waals surface area contributed by atoms with Gasteiger partial charge in [0.2, 0.25) is 0 Å². The van der Waals surface area contributed by atoms with Crippen molar-refractivity contribution < 1.29 is 9.84 Å². The van der Waals surface area contributed by atoms with Gasteiger partial charge in [-0.1, -0.05) is 12.1 Å². The van der Waals surface area contributed by atoms with Gasteiger partial charge in [-0.3, -0.25) is 0 Å². The molecule has 0 saturated carbocycles. The molecule has 2 N–H and O–H groups in total. The molecule has 24 heavy (non-hydrogen) atoms. The molecule has 1 saturated heterocycles. The second-order valence-electron chi connectivity index (χ2n) is 6.36. The van der Waals surface area contributed by atoms with E-state index in [1.54, 1.807) is 0 Å². The fourth-order valence-corrected chi connectivity index (χ4v) is 2.89. The minimum atomic E-state index is -0.0891. The van der Waals surface area contributed by atoms with Crippen LogP contribution in [0.4, 0.5) is 0 Å². The minimum Gasteiger partial charge on any atom is -0.494 e. The van der Waals surface area contributed by atoms with E-state index in [2.05, 4.69) is 28.4 Å². The van der Waals surface area contributed by atoms with Crippen LogP contribution in [-0.2, 0) is 6.54 Å². The van der Waals surface area contributed by atoms with Crippen LogP contribution in [0.5, 0.6) is 5.75 Å². The highest BCUT2D eigenvalue weighted by Gasteiger charge is 2.15. The molecule has 1 fully saturated rings. The topological polar surface area (TPSA) is 68.5 Å². The summed E-state index contributed by atoms with van der Waals surface area (Å²) in [4.78, 5) is 2.43. The molecule has 1 aromatic carbocycles. The molecule has 0 atom stereocenters. The van der Waals surface area contributed by atoms with Gasteiger partial charge < -0.3 is 20.1 Å². The SMILES string of the molecule is N#CCCCOc1cccc(CNCCCN2CCC(O)CC2)c1. The van der Waals surface area contributed by atoms with Gasteiger partial charge in [-0.15, -0.1) is 0 Å². The van der Waals surface area contributed by atoms with Crippen molar-refractivity contribution in [3.63, 3.8) is 0 Å². The Labute approximate surface area is 145 Å². The summed E-state index contributed by atoms with van der Waals surface area (Å²) in [5.41, 5.74) is 1.22. The number of piperidine rings is 1. The molecule has 1 aliphatic rings. The summed E-state index contributed by atoms with van der Waals surface area (Å²) in [6, 6.07) is 10.3. The van der Waals surface area contributed by atoms with Crippen LogP contribution in [0.15, 0.2) is 24.3 Å². The van der Waals surface area contributed by atoms with Crippen LogP contribution in [0.25, 0.3) is 0 Å². The van der Waals surface area contributed by atoms with Crippen LogP contribution in [-0.4, -0.2) is 48.9 Å². The minimum absolute atomic E-state index is 0.0891. The van der Waals surface area contributed by atoms with E-state index < -0.39 is 0 Å². The summed E-state index contributed by atoms with van der Waals surface area (Å²) in [5, 5.41) is 21.5. The Morgan fingerprint density at radius 1 is 1.29 bits per heavy atom. The van der Waals surface area contributed by atoms with Gasteiger partial charge in [-0.2, -0.15) is 5.26 Å². The van der Waals surface area contributed by atoms with Crippen molar-refractivity contribution in [3.8, 4) is 11.8 Å². The second kappa shape index (κ2) is 11.0. The first-order valence-electron chi connectivity index (χ1n) is 8.98. The van der Waals surface area contributed by atoms with Crippen LogP contribution in [0.3, 0.4) is 0 Å². The monoisotopic (exact) mass is 331 g/mol. The highest BCUT2D eigenvalue weighted by atomic mass is 16.5. The lowest BCUT2D eigenvalue weighted by Gasteiger charge is -2.29. The van der Waals surface area contributed by atoms with Gasteiger partial charge in [0.1, 0.15) is 5.75 Å². The first-order valence-corrected chi connectivity index (χ1v) is 8.98. The van der Waals surface area contributed by atoms with Crippen LogP contribution >= 0.6 is 0 Å². The number of hydrogen-bond donors (Lipinski definition) is 2. The molecule has 1 heterocycles.